The SMILES string of the molecule is COc1ncc(-c2cnc3nc(-c4cc(NC(=O)c5ccco5)ccc4Cl)[nH]c3c2)cn1. The topological polar surface area (TPSA) is 119 Å². The lowest BCUT2D eigenvalue weighted by Crippen LogP contribution is -2.10. The lowest BCUT2D eigenvalue weighted by Gasteiger charge is -2.07. The Labute approximate surface area is 186 Å². The van der Waals surface area contributed by atoms with E-state index in [9.17, 15) is 4.79 Å². The summed E-state index contributed by atoms with van der Waals surface area (Å²) in [5.74, 6) is 0.375. The highest BCUT2D eigenvalue weighted by Crippen LogP contribution is 2.31. The number of nitrogens with one attached hydrogen (secondary N) is 2. The molecule has 1 aromatic carbocycles. The van der Waals surface area contributed by atoms with Gasteiger partial charge in [-0.15, -0.1) is 0 Å². The van der Waals surface area contributed by atoms with Gasteiger partial charge in [0, 0.05) is 41.0 Å². The zero-order valence-corrected chi connectivity index (χ0v) is 17.4. The number of aromatic nitrogens is 5. The molecule has 10 heteroatoms. The van der Waals surface area contributed by atoms with E-state index in [2.05, 4.69) is 30.2 Å². The number of hydrogen-bond donors (Lipinski definition) is 2. The van der Waals surface area contributed by atoms with Gasteiger partial charge in [-0.3, -0.25) is 4.79 Å². The predicted octanol–water partition coefficient (Wildman–Crippen LogP) is 4.59. The maximum absolute atomic E-state index is 12.3. The first-order valence-electron chi connectivity index (χ1n) is 9.47. The molecule has 0 bridgehead atoms. The first-order valence-corrected chi connectivity index (χ1v) is 9.85. The molecule has 0 aliphatic carbocycles. The second-order valence-corrected chi connectivity index (χ2v) is 7.17. The summed E-state index contributed by atoms with van der Waals surface area (Å²) < 4.78 is 10.1. The fraction of sp³-hybridized carbons (Fsp3) is 0.0455. The smallest absolute Gasteiger partial charge is 0.316 e. The monoisotopic (exact) mass is 446 g/mol. The zero-order valence-electron chi connectivity index (χ0n) is 16.7. The molecule has 0 aliphatic heterocycles. The summed E-state index contributed by atoms with van der Waals surface area (Å²) in [6.07, 6.45) is 6.46. The number of anilines is 1. The zero-order chi connectivity index (χ0) is 22.1. The van der Waals surface area contributed by atoms with Crippen LogP contribution in [0.4, 0.5) is 5.69 Å². The Morgan fingerprint density at radius 1 is 1.09 bits per heavy atom. The fourth-order valence-electron chi connectivity index (χ4n) is 3.14. The van der Waals surface area contributed by atoms with Gasteiger partial charge in [-0.25, -0.2) is 19.9 Å². The Kier molecular flexibility index (Phi) is 5.00. The van der Waals surface area contributed by atoms with Crippen LogP contribution >= 0.6 is 11.6 Å². The Morgan fingerprint density at radius 3 is 2.66 bits per heavy atom. The molecule has 4 aromatic heterocycles. The number of halogens is 1. The molecule has 5 aromatic rings. The van der Waals surface area contributed by atoms with E-state index in [4.69, 9.17) is 20.8 Å². The van der Waals surface area contributed by atoms with Gasteiger partial charge in [-0.2, -0.15) is 0 Å². The minimum atomic E-state index is -0.360. The van der Waals surface area contributed by atoms with E-state index in [1.165, 1.54) is 13.4 Å². The number of H-pyrrole nitrogens is 1. The molecule has 0 saturated carbocycles. The number of rotatable bonds is 5. The van der Waals surface area contributed by atoms with Gasteiger partial charge in [0.25, 0.3) is 5.91 Å². The molecule has 4 heterocycles. The molecule has 158 valence electrons. The molecular formula is C22H15ClN6O3. The summed E-state index contributed by atoms with van der Waals surface area (Å²) >= 11 is 6.41. The number of amides is 1. The van der Waals surface area contributed by atoms with Crippen LogP contribution in [0, 0.1) is 0 Å². The summed E-state index contributed by atoms with van der Waals surface area (Å²) in [6.45, 7) is 0. The Morgan fingerprint density at radius 2 is 1.91 bits per heavy atom. The summed E-state index contributed by atoms with van der Waals surface area (Å²) in [5, 5.41) is 3.26. The van der Waals surface area contributed by atoms with Crippen molar-refractivity contribution in [3.63, 3.8) is 0 Å². The molecule has 32 heavy (non-hydrogen) atoms. The van der Waals surface area contributed by atoms with Crippen molar-refractivity contribution in [3.05, 3.63) is 72.0 Å². The third-order valence-electron chi connectivity index (χ3n) is 4.71. The molecule has 0 atom stereocenters. The maximum Gasteiger partial charge on any atom is 0.316 e. The highest BCUT2D eigenvalue weighted by molar-refractivity contribution is 6.33. The van der Waals surface area contributed by atoms with Gasteiger partial charge >= 0.3 is 6.01 Å². The second kappa shape index (κ2) is 8.12. The van der Waals surface area contributed by atoms with E-state index in [-0.39, 0.29) is 11.7 Å². The van der Waals surface area contributed by atoms with E-state index in [0.29, 0.717) is 33.8 Å². The van der Waals surface area contributed by atoms with Gasteiger partial charge in [-0.05, 0) is 36.4 Å². The average Bonchev–Trinajstić information content (AvgIpc) is 3.50. The summed E-state index contributed by atoms with van der Waals surface area (Å²) in [5.41, 5.74) is 4.03. The standard InChI is InChI=1S/C22H15ClN6O3/c1-31-22-25-10-13(11-26-22)12-7-17-20(24-9-12)29-19(28-17)15-8-14(4-5-16(15)23)27-21(30)18-3-2-6-32-18/h2-11H,1H3,(H,27,30)(H,24,28,29). The van der Waals surface area contributed by atoms with Gasteiger partial charge in [0.05, 0.1) is 23.9 Å². The molecule has 0 fully saturated rings. The number of ether oxygens (including phenoxy) is 1. The molecule has 0 radical (unpaired) electrons. The Hall–Kier alpha value is -4.24. The number of imidazole rings is 1. The minimum Gasteiger partial charge on any atom is -0.467 e. The largest absolute Gasteiger partial charge is 0.467 e. The van der Waals surface area contributed by atoms with Crippen LogP contribution in [-0.4, -0.2) is 37.9 Å². The van der Waals surface area contributed by atoms with Gasteiger partial charge in [0.1, 0.15) is 5.82 Å². The number of fused-ring (bicyclic) bond motifs is 1. The van der Waals surface area contributed by atoms with Crippen molar-refractivity contribution in [3.8, 4) is 28.5 Å². The number of hydrogen-bond acceptors (Lipinski definition) is 7. The van der Waals surface area contributed by atoms with Crippen molar-refractivity contribution in [2.24, 2.45) is 0 Å². The van der Waals surface area contributed by atoms with Crippen molar-refractivity contribution < 1.29 is 13.9 Å². The molecule has 5 rings (SSSR count). The molecular weight excluding hydrogens is 432 g/mol. The molecule has 0 unspecified atom stereocenters. The third-order valence-corrected chi connectivity index (χ3v) is 5.04. The Balaban J connectivity index is 1.46. The number of pyridine rings is 1. The van der Waals surface area contributed by atoms with Crippen LogP contribution in [0.2, 0.25) is 5.02 Å². The molecule has 9 nitrogen and oxygen atoms in total. The van der Waals surface area contributed by atoms with E-state index in [0.717, 1.165) is 16.6 Å². The number of benzene rings is 1. The molecule has 2 N–H and O–H groups in total. The van der Waals surface area contributed by atoms with Crippen LogP contribution in [0.5, 0.6) is 6.01 Å². The fourth-order valence-corrected chi connectivity index (χ4v) is 3.35. The van der Waals surface area contributed by atoms with Crippen molar-refractivity contribution in [2.45, 2.75) is 0 Å². The van der Waals surface area contributed by atoms with Crippen LogP contribution in [0.15, 0.2) is 65.7 Å². The summed E-state index contributed by atoms with van der Waals surface area (Å²) in [7, 11) is 1.51. The molecule has 1 amide bonds. The third kappa shape index (κ3) is 3.77. The van der Waals surface area contributed by atoms with Gasteiger partial charge in [0.15, 0.2) is 11.4 Å². The summed E-state index contributed by atoms with van der Waals surface area (Å²) in [6, 6.07) is 10.6. The van der Waals surface area contributed by atoms with E-state index in [1.54, 1.807) is 48.9 Å². The van der Waals surface area contributed by atoms with Gasteiger partial charge < -0.3 is 19.5 Å². The van der Waals surface area contributed by atoms with Gasteiger partial charge in [-0.1, -0.05) is 11.6 Å². The van der Waals surface area contributed by atoms with Crippen LogP contribution in [0.25, 0.3) is 33.7 Å². The first-order chi connectivity index (χ1) is 15.6. The number of carbonyl (C=O) groups is 1. The van der Waals surface area contributed by atoms with E-state index in [1.807, 2.05) is 6.07 Å². The van der Waals surface area contributed by atoms with Crippen LogP contribution in [0.3, 0.4) is 0 Å². The molecule has 0 saturated heterocycles. The number of methoxy groups -OCH3 is 1. The minimum absolute atomic E-state index is 0.212. The predicted molar refractivity (Wildman–Crippen MR) is 119 cm³/mol. The Bertz CT molecular complexity index is 1410. The van der Waals surface area contributed by atoms with Crippen molar-refractivity contribution in [1.82, 2.24) is 24.9 Å². The lowest BCUT2D eigenvalue weighted by atomic mass is 10.1. The van der Waals surface area contributed by atoms with Crippen LogP contribution in [-0.2, 0) is 0 Å². The number of aromatic amines is 1. The van der Waals surface area contributed by atoms with E-state index >= 15 is 0 Å². The first kappa shape index (κ1) is 19.7. The normalized spacial score (nSPS) is 10.9. The number of nitrogens with zero attached hydrogens (tertiary/aromatic N) is 4. The highest BCUT2D eigenvalue weighted by atomic mass is 35.5. The summed E-state index contributed by atoms with van der Waals surface area (Å²) in [4.78, 5) is 32.7. The average molecular weight is 447 g/mol. The molecule has 0 spiro atoms. The molecule has 0 aliphatic rings. The van der Waals surface area contributed by atoms with Crippen molar-refractivity contribution >= 4 is 34.4 Å². The lowest BCUT2D eigenvalue weighted by molar-refractivity contribution is 0.0996. The maximum atomic E-state index is 12.3. The van der Waals surface area contributed by atoms with Crippen molar-refractivity contribution in [1.29, 1.82) is 0 Å². The van der Waals surface area contributed by atoms with E-state index < -0.39 is 0 Å². The quantitative estimate of drug-likeness (QED) is 0.405. The van der Waals surface area contributed by atoms with Gasteiger partial charge in [0.2, 0.25) is 0 Å². The van der Waals surface area contributed by atoms with Crippen LogP contribution < -0.4 is 10.1 Å². The number of furan rings is 1. The number of carbonyl (C=O) groups excluding carboxylic acids is 1. The second-order valence-electron chi connectivity index (χ2n) is 6.77. The highest BCUT2D eigenvalue weighted by Gasteiger charge is 2.14. The van der Waals surface area contributed by atoms with Crippen molar-refractivity contribution in [2.75, 3.05) is 12.4 Å². The van der Waals surface area contributed by atoms with Crippen LogP contribution in [0.1, 0.15) is 10.6 Å².